The first-order valence-corrected chi connectivity index (χ1v) is 6.12. The highest BCUT2D eigenvalue weighted by atomic mass is 35.5. The van der Waals surface area contributed by atoms with Crippen molar-refractivity contribution >= 4 is 23.3 Å². The number of Topliss-reactive ketones (excluding diaryl/α,β-unsaturated/α-hetero) is 1. The Balaban J connectivity index is 2.04. The smallest absolute Gasteiger partial charge is 0.230 e. The fraction of sp³-hybridized carbons (Fsp3) is 0.385. The minimum absolute atomic E-state index is 0.0353. The Morgan fingerprint density at radius 3 is 2.94 bits per heavy atom. The molecule has 1 aromatic rings. The summed E-state index contributed by atoms with van der Waals surface area (Å²) >= 11 is 5.96. The van der Waals surface area contributed by atoms with Crippen LogP contribution in [0.15, 0.2) is 18.2 Å². The van der Waals surface area contributed by atoms with Gasteiger partial charge in [0.25, 0.3) is 0 Å². The van der Waals surface area contributed by atoms with Gasteiger partial charge in [-0.1, -0.05) is 17.7 Å². The van der Waals surface area contributed by atoms with Gasteiger partial charge in [0.05, 0.1) is 12.5 Å². The number of ketones is 1. The van der Waals surface area contributed by atoms with Gasteiger partial charge in [-0.3, -0.25) is 9.59 Å². The Hall–Kier alpha value is -1.35. The van der Waals surface area contributed by atoms with E-state index in [1.807, 2.05) is 23.1 Å². The van der Waals surface area contributed by atoms with E-state index in [1.165, 1.54) is 5.56 Å². The van der Waals surface area contributed by atoms with Gasteiger partial charge < -0.3 is 4.90 Å². The number of amides is 1. The largest absolute Gasteiger partial charge is 0.334 e. The number of hydrogen-bond donors (Lipinski definition) is 0. The lowest BCUT2D eigenvalue weighted by Crippen LogP contribution is -2.45. The van der Waals surface area contributed by atoms with Crippen LogP contribution in [0.25, 0.3) is 0 Å². The van der Waals surface area contributed by atoms with Gasteiger partial charge in [0.15, 0.2) is 0 Å². The van der Waals surface area contributed by atoms with Gasteiger partial charge in [-0.15, -0.1) is 0 Å². The van der Waals surface area contributed by atoms with Crippen LogP contribution in [0.2, 0.25) is 5.02 Å². The van der Waals surface area contributed by atoms with Crippen LogP contribution in [0.5, 0.6) is 0 Å². The predicted molar refractivity (Wildman–Crippen MR) is 63.9 cm³/mol. The molecule has 2 heterocycles. The van der Waals surface area contributed by atoms with Crippen LogP contribution in [-0.2, 0) is 16.0 Å². The van der Waals surface area contributed by atoms with Gasteiger partial charge >= 0.3 is 0 Å². The van der Waals surface area contributed by atoms with Crippen molar-refractivity contribution in [3.05, 3.63) is 34.3 Å². The molecule has 1 atom stereocenters. The third-order valence-electron chi connectivity index (χ3n) is 3.55. The van der Waals surface area contributed by atoms with Crippen molar-refractivity contribution in [3.8, 4) is 0 Å². The second-order valence-electron chi connectivity index (χ2n) is 4.62. The Bertz CT molecular complexity index is 512. The van der Waals surface area contributed by atoms with Crippen LogP contribution >= 0.6 is 11.6 Å². The van der Waals surface area contributed by atoms with Gasteiger partial charge in [-0.25, -0.2) is 0 Å². The van der Waals surface area contributed by atoms with E-state index in [9.17, 15) is 9.59 Å². The van der Waals surface area contributed by atoms with E-state index >= 15 is 0 Å². The maximum Gasteiger partial charge on any atom is 0.230 e. The van der Waals surface area contributed by atoms with Gasteiger partial charge in [0.2, 0.25) is 5.91 Å². The number of rotatable bonds is 0. The number of carbonyl (C=O) groups excluding carboxylic acids is 2. The summed E-state index contributed by atoms with van der Waals surface area (Å²) < 4.78 is 0. The molecule has 1 saturated heterocycles. The van der Waals surface area contributed by atoms with Crippen molar-refractivity contribution in [1.82, 2.24) is 4.90 Å². The van der Waals surface area contributed by atoms with E-state index in [2.05, 4.69) is 0 Å². The Labute approximate surface area is 104 Å². The number of fused-ring (bicyclic) bond motifs is 3. The van der Waals surface area contributed by atoms with E-state index in [-0.39, 0.29) is 24.2 Å². The van der Waals surface area contributed by atoms with Crippen molar-refractivity contribution in [2.45, 2.75) is 25.3 Å². The zero-order valence-electron chi connectivity index (χ0n) is 9.28. The Morgan fingerprint density at radius 2 is 2.12 bits per heavy atom. The molecule has 0 aromatic heterocycles. The third-order valence-corrected chi connectivity index (χ3v) is 3.79. The molecule has 1 unspecified atom stereocenters. The molecule has 17 heavy (non-hydrogen) atoms. The minimum atomic E-state index is -0.0650. The number of benzene rings is 1. The maximum absolute atomic E-state index is 11.8. The molecule has 1 aromatic carbocycles. The molecule has 0 N–H and O–H groups in total. The number of hydrogen-bond acceptors (Lipinski definition) is 2. The Kier molecular flexibility index (Phi) is 2.44. The van der Waals surface area contributed by atoms with Gasteiger partial charge in [0.1, 0.15) is 5.78 Å². The summed E-state index contributed by atoms with van der Waals surface area (Å²) in [5, 5.41) is 0.714. The first-order valence-electron chi connectivity index (χ1n) is 5.74. The normalized spacial score (nSPS) is 23.4. The maximum atomic E-state index is 11.8. The molecule has 0 bridgehead atoms. The zero-order chi connectivity index (χ0) is 12.0. The molecule has 88 valence electrons. The first-order chi connectivity index (χ1) is 8.15. The lowest BCUT2D eigenvalue weighted by molar-refractivity contribution is -0.143. The summed E-state index contributed by atoms with van der Waals surface area (Å²) in [5.74, 6) is 0.00546. The highest BCUT2D eigenvalue weighted by Crippen LogP contribution is 2.36. The summed E-state index contributed by atoms with van der Waals surface area (Å²) in [6, 6.07) is 5.65. The molecule has 0 saturated carbocycles. The molecule has 0 spiro atoms. The molecular formula is C13H12ClNO2. The van der Waals surface area contributed by atoms with E-state index in [0.717, 1.165) is 12.0 Å². The fourth-order valence-corrected chi connectivity index (χ4v) is 2.95. The summed E-state index contributed by atoms with van der Waals surface area (Å²) in [6.45, 7) is 0.699. The van der Waals surface area contributed by atoms with Gasteiger partial charge in [-0.2, -0.15) is 0 Å². The molecular weight excluding hydrogens is 238 g/mol. The third kappa shape index (κ3) is 1.75. The molecule has 2 aliphatic rings. The zero-order valence-corrected chi connectivity index (χ0v) is 10.0. The molecule has 4 heteroatoms. The van der Waals surface area contributed by atoms with Crippen LogP contribution < -0.4 is 0 Å². The molecule has 1 fully saturated rings. The van der Waals surface area contributed by atoms with E-state index < -0.39 is 0 Å². The summed E-state index contributed by atoms with van der Waals surface area (Å²) in [4.78, 5) is 25.2. The van der Waals surface area contributed by atoms with Crippen LogP contribution in [0, 0.1) is 0 Å². The van der Waals surface area contributed by atoms with Crippen molar-refractivity contribution in [3.63, 3.8) is 0 Å². The topological polar surface area (TPSA) is 37.4 Å². The van der Waals surface area contributed by atoms with E-state index in [4.69, 9.17) is 11.6 Å². The summed E-state index contributed by atoms with van der Waals surface area (Å²) in [7, 11) is 0. The molecule has 0 aliphatic carbocycles. The standard InChI is InChI=1S/C13H12ClNO2/c14-9-1-2-11-8(5-9)3-4-15-12(11)6-10(16)7-13(15)17/h1-2,5,12H,3-4,6-7H2. The first kappa shape index (κ1) is 10.8. The minimum Gasteiger partial charge on any atom is -0.334 e. The lowest BCUT2D eigenvalue weighted by Gasteiger charge is -2.39. The average molecular weight is 250 g/mol. The van der Waals surface area contributed by atoms with Crippen LogP contribution in [0.1, 0.15) is 30.0 Å². The molecule has 0 radical (unpaired) electrons. The van der Waals surface area contributed by atoms with Crippen LogP contribution in [-0.4, -0.2) is 23.1 Å². The van der Waals surface area contributed by atoms with Gasteiger partial charge in [0, 0.05) is 18.0 Å². The van der Waals surface area contributed by atoms with Gasteiger partial charge in [-0.05, 0) is 29.7 Å². The van der Waals surface area contributed by atoms with Crippen molar-refractivity contribution in [2.75, 3.05) is 6.54 Å². The predicted octanol–water partition coefficient (Wildman–Crippen LogP) is 2.13. The highest BCUT2D eigenvalue weighted by molar-refractivity contribution is 6.30. The second kappa shape index (κ2) is 3.84. The van der Waals surface area contributed by atoms with Crippen molar-refractivity contribution in [2.24, 2.45) is 0 Å². The molecule has 2 aliphatic heterocycles. The van der Waals surface area contributed by atoms with Crippen LogP contribution in [0.4, 0.5) is 0 Å². The number of carbonyl (C=O) groups is 2. The number of piperidine rings is 1. The SMILES string of the molecule is O=C1CC(=O)N2CCc3cc(Cl)ccc3C2C1. The average Bonchev–Trinajstić information content (AvgIpc) is 2.27. The monoisotopic (exact) mass is 249 g/mol. The fourth-order valence-electron chi connectivity index (χ4n) is 2.76. The van der Waals surface area contributed by atoms with E-state index in [0.29, 0.717) is 18.0 Å². The van der Waals surface area contributed by atoms with E-state index in [1.54, 1.807) is 0 Å². The highest BCUT2D eigenvalue weighted by Gasteiger charge is 2.36. The quantitative estimate of drug-likeness (QED) is 0.661. The number of halogens is 1. The molecule has 3 nitrogen and oxygen atoms in total. The van der Waals surface area contributed by atoms with Crippen molar-refractivity contribution < 1.29 is 9.59 Å². The second-order valence-corrected chi connectivity index (χ2v) is 5.05. The van der Waals surface area contributed by atoms with Crippen molar-refractivity contribution in [1.29, 1.82) is 0 Å². The number of nitrogens with zero attached hydrogens (tertiary/aromatic N) is 1. The van der Waals surface area contributed by atoms with Crippen LogP contribution in [0.3, 0.4) is 0 Å². The summed E-state index contributed by atoms with van der Waals surface area (Å²) in [6.07, 6.45) is 1.34. The molecule has 3 rings (SSSR count). The summed E-state index contributed by atoms with van der Waals surface area (Å²) in [5.41, 5.74) is 2.25. The Morgan fingerprint density at radius 1 is 1.29 bits per heavy atom. The molecule has 1 amide bonds. The lowest BCUT2D eigenvalue weighted by atomic mass is 9.86.